The first-order valence-corrected chi connectivity index (χ1v) is 7.21. The molecule has 0 aliphatic rings. The van der Waals surface area contributed by atoms with Gasteiger partial charge in [0.1, 0.15) is 0 Å². The number of nitrogens with zero attached hydrogens (tertiary/aromatic N) is 1. The minimum Gasteiger partial charge on any atom is -0.381 e. The van der Waals surface area contributed by atoms with Gasteiger partial charge in [-0.25, -0.2) is 0 Å². The molecular formula is C16H18Cl2N2. The molecule has 1 N–H and O–H groups in total. The Kier molecular flexibility index (Phi) is 5.30. The Labute approximate surface area is 130 Å². The third-order valence-electron chi connectivity index (χ3n) is 2.94. The van der Waals surface area contributed by atoms with Crippen molar-refractivity contribution in [2.45, 2.75) is 13.1 Å². The van der Waals surface area contributed by atoms with Crippen LogP contribution in [-0.4, -0.2) is 19.0 Å². The van der Waals surface area contributed by atoms with E-state index in [0.29, 0.717) is 11.6 Å². The quantitative estimate of drug-likeness (QED) is 0.863. The second-order valence-corrected chi connectivity index (χ2v) is 5.87. The number of benzene rings is 2. The van der Waals surface area contributed by atoms with Gasteiger partial charge in [0.15, 0.2) is 0 Å². The van der Waals surface area contributed by atoms with Crippen LogP contribution < -0.4 is 5.32 Å². The number of nitrogens with one attached hydrogen (secondary N) is 1. The minimum absolute atomic E-state index is 0.659. The topological polar surface area (TPSA) is 15.3 Å². The maximum absolute atomic E-state index is 6.14. The van der Waals surface area contributed by atoms with Gasteiger partial charge in [-0.15, -0.1) is 0 Å². The fraction of sp³-hybridized carbons (Fsp3) is 0.250. The summed E-state index contributed by atoms with van der Waals surface area (Å²) in [4.78, 5) is 2.15. The number of rotatable bonds is 5. The Bertz CT molecular complexity index is 565. The van der Waals surface area contributed by atoms with Crippen LogP contribution in [0.3, 0.4) is 0 Å². The highest BCUT2D eigenvalue weighted by molar-refractivity contribution is 6.33. The van der Waals surface area contributed by atoms with Crippen LogP contribution in [0.5, 0.6) is 0 Å². The van der Waals surface area contributed by atoms with Crippen molar-refractivity contribution in [2.24, 2.45) is 0 Å². The molecule has 0 fully saturated rings. The van der Waals surface area contributed by atoms with Gasteiger partial charge in [0, 0.05) is 28.8 Å². The summed E-state index contributed by atoms with van der Waals surface area (Å²) in [6.45, 7) is 1.60. The van der Waals surface area contributed by atoms with E-state index in [1.54, 1.807) is 6.07 Å². The predicted molar refractivity (Wildman–Crippen MR) is 87.6 cm³/mol. The van der Waals surface area contributed by atoms with Crippen molar-refractivity contribution in [3.63, 3.8) is 0 Å². The second kappa shape index (κ2) is 6.98. The molecule has 106 valence electrons. The summed E-state index contributed by atoms with van der Waals surface area (Å²) >= 11 is 12.1. The van der Waals surface area contributed by atoms with Gasteiger partial charge in [0.2, 0.25) is 0 Å². The molecule has 0 unspecified atom stereocenters. The number of anilines is 1. The lowest BCUT2D eigenvalue weighted by atomic mass is 10.2. The molecule has 4 heteroatoms. The van der Waals surface area contributed by atoms with E-state index in [-0.39, 0.29) is 0 Å². The van der Waals surface area contributed by atoms with Crippen LogP contribution in [0, 0.1) is 0 Å². The standard InChI is InChI=1S/C16H18Cl2N2/c1-20(2)11-12-3-6-15(7-4-12)19-10-13-9-14(17)5-8-16(13)18/h3-9,19H,10-11H2,1-2H3. The van der Waals surface area contributed by atoms with Crippen LogP contribution in [0.1, 0.15) is 11.1 Å². The number of hydrogen-bond acceptors (Lipinski definition) is 2. The normalized spacial score (nSPS) is 10.8. The molecule has 0 spiro atoms. The van der Waals surface area contributed by atoms with Gasteiger partial charge >= 0.3 is 0 Å². The van der Waals surface area contributed by atoms with Crippen molar-refractivity contribution in [1.29, 1.82) is 0 Å². The molecule has 0 heterocycles. The molecule has 0 amide bonds. The molecule has 0 aliphatic heterocycles. The van der Waals surface area contributed by atoms with Gasteiger partial charge < -0.3 is 10.2 Å². The Hall–Kier alpha value is -1.22. The molecule has 0 aromatic heterocycles. The second-order valence-electron chi connectivity index (χ2n) is 5.02. The molecule has 0 radical (unpaired) electrons. The van der Waals surface area contributed by atoms with Crippen molar-refractivity contribution in [3.05, 3.63) is 63.6 Å². The highest BCUT2D eigenvalue weighted by atomic mass is 35.5. The summed E-state index contributed by atoms with van der Waals surface area (Å²) in [5.74, 6) is 0. The Morgan fingerprint density at radius 3 is 2.35 bits per heavy atom. The van der Waals surface area contributed by atoms with Crippen LogP contribution in [0.25, 0.3) is 0 Å². The largest absolute Gasteiger partial charge is 0.381 e. The first-order chi connectivity index (χ1) is 9.54. The molecule has 0 saturated heterocycles. The predicted octanol–water partition coefficient (Wildman–Crippen LogP) is 4.67. The lowest BCUT2D eigenvalue weighted by Gasteiger charge is -2.11. The fourth-order valence-electron chi connectivity index (χ4n) is 1.97. The summed E-state index contributed by atoms with van der Waals surface area (Å²) in [5, 5.41) is 4.78. The highest BCUT2D eigenvalue weighted by Crippen LogP contribution is 2.22. The van der Waals surface area contributed by atoms with Crippen LogP contribution in [-0.2, 0) is 13.1 Å². The van der Waals surface area contributed by atoms with E-state index in [4.69, 9.17) is 23.2 Å². The monoisotopic (exact) mass is 308 g/mol. The molecule has 0 atom stereocenters. The van der Waals surface area contributed by atoms with Gasteiger partial charge in [0.25, 0.3) is 0 Å². The van der Waals surface area contributed by atoms with Crippen LogP contribution in [0.2, 0.25) is 10.0 Å². The molecule has 2 rings (SSSR count). The third-order valence-corrected chi connectivity index (χ3v) is 3.55. The van der Waals surface area contributed by atoms with E-state index in [9.17, 15) is 0 Å². The molecule has 2 aromatic carbocycles. The van der Waals surface area contributed by atoms with Crippen molar-refractivity contribution in [2.75, 3.05) is 19.4 Å². The van der Waals surface area contributed by atoms with Crippen LogP contribution in [0.4, 0.5) is 5.69 Å². The summed E-state index contributed by atoms with van der Waals surface area (Å²) in [6.07, 6.45) is 0. The lowest BCUT2D eigenvalue weighted by molar-refractivity contribution is 0.402. The van der Waals surface area contributed by atoms with Gasteiger partial charge in [-0.2, -0.15) is 0 Å². The molecule has 20 heavy (non-hydrogen) atoms. The number of hydrogen-bond donors (Lipinski definition) is 1. The molecule has 0 aliphatic carbocycles. The Balaban J connectivity index is 1.98. The fourth-order valence-corrected chi connectivity index (χ4v) is 2.35. The first-order valence-electron chi connectivity index (χ1n) is 6.46. The van der Waals surface area contributed by atoms with E-state index in [2.05, 4.69) is 48.6 Å². The zero-order valence-corrected chi connectivity index (χ0v) is 13.2. The van der Waals surface area contributed by atoms with E-state index < -0.39 is 0 Å². The Morgan fingerprint density at radius 1 is 1.00 bits per heavy atom. The number of halogens is 2. The molecule has 2 nitrogen and oxygen atoms in total. The van der Waals surface area contributed by atoms with E-state index in [1.807, 2.05) is 12.1 Å². The zero-order chi connectivity index (χ0) is 14.5. The smallest absolute Gasteiger partial charge is 0.0456 e. The molecule has 0 bridgehead atoms. The summed E-state index contributed by atoms with van der Waals surface area (Å²) in [7, 11) is 4.13. The van der Waals surface area contributed by atoms with E-state index in [1.165, 1.54) is 5.56 Å². The van der Waals surface area contributed by atoms with E-state index >= 15 is 0 Å². The Morgan fingerprint density at radius 2 is 1.70 bits per heavy atom. The average Bonchev–Trinajstić information content (AvgIpc) is 2.41. The van der Waals surface area contributed by atoms with E-state index in [0.717, 1.165) is 22.8 Å². The third kappa shape index (κ3) is 4.41. The summed E-state index contributed by atoms with van der Waals surface area (Å²) < 4.78 is 0. The molecular weight excluding hydrogens is 291 g/mol. The first kappa shape index (κ1) is 15.2. The summed E-state index contributed by atoms with van der Waals surface area (Å²) in [6, 6.07) is 13.9. The highest BCUT2D eigenvalue weighted by Gasteiger charge is 2.02. The lowest BCUT2D eigenvalue weighted by Crippen LogP contribution is -2.10. The SMILES string of the molecule is CN(C)Cc1ccc(NCc2cc(Cl)ccc2Cl)cc1. The van der Waals surface area contributed by atoms with Gasteiger partial charge in [-0.1, -0.05) is 35.3 Å². The van der Waals surface area contributed by atoms with Gasteiger partial charge in [-0.3, -0.25) is 0 Å². The maximum Gasteiger partial charge on any atom is 0.0456 e. The molecule has 2 aromatic rings. The van der Waals surface area contributed by atoms with Gasteiger partial charge in [0.05, 0.1) is 0 Å². The van der Waals surface area contributed by atoms with Gasteiger partial charge in [-0.05, 0) is 55.6 Å². The van der Waals surface area contributed by atoms with Crippen LogP contribution >= 0.6 is 23.2 Å². The minimum atomic E-state index is 0.659. The van der Waals surface area contributed by atoms with Crippen molar-refractivity contribution in [3.8, 4) is 0 Å². The maximum atomic E-state index is 6.14. The van der Waals surface area contributed by atoms with Crippen molar-refractivity contribution < 1.29 is 0 Å². The van der Waals surface area contributed by atoms with Crippen LogP contribution in [0.15, 0.2) is 42.5 Å². The molecule has 0 saturated carbocycles. The zero-order valence-electron chi connectivity index (χ0n) is 11.7. The van der Waals surface area contributed by atoms with Crippen molar-refractivity contribution >= 4 is 28.9 Å². The summed E-state index contributed by atoms with van der Waals surface area (Å²) in [5.41, 5.74) is 3.36. The average molecular weight is 309 g/mol. The van der Waals surface area contributed by atoms with Crippen molar-refractivity contribution in [1.82, 2.24) is 4.90 Å².